The van der Waals surface area contributed by atoms with E-state index in [0.29, 0.717) is 31.2 Å². The number of carbonyl (C=O) groups excluding carboxylic acids is 2. The molecule has 1 amide bonds. The van der Waals surface area contributed by atoms with Gasteiger partial charge in [0, 0.05) is 19.3 Å². The molecular weight excluding hydrogens is 614 g/mol. The van der Waals surface area contributed by atoms with Crippen molar-refractivity contribution >= 4 is 29.6 Å². The molecule has 0 aliphatic heterocycles. The van der Waals surface area contributed by atoms with E-state index in [1.807, 2.05) is 43.3 Å². The number of carboxylic acid groups (broad SMARTS) is 3. The minimum atomic E-state index is -3.01. The minimum Gasteiger partial charge on any atom is -0.481 e. The summed E-state index contributed by atoms with van der Waals surface area (Å²) in [5.41, 5.74) is 0.584. The number of aryl methyl sites for hydroxylation is 1. The van der Waals surface area contributed by atoms with Gasteiger partial charge in [-0.3, -0.25) is 14.4 Å². The van der Waals surface area contributed by atoms with E-state index in [9.17, 15) is 44.4 Å². The van der Waals surface area contributed by atoms with Crippen LogP contribution in [0.1, 0.15) is 102 Å². The van der Waals surface area contributed by atoms with Crippen molar-refractivity contribution in [1.29, 1.82) is 0 Å². The van der Waals surface area contributed by atoms with Crippen molar-refractivity contribution in [2.75, 3.05) is 0 Å². The number of benzene rings is 2. The normalized spacial score (nSPS) is 13.8. The van der Waals surface area contributed by atoms with Crippen LogP contribution in [0.15, 0.2) is 60.7 Å². The maximum Gasteiger partial charge on any atom is 0.337 e. The Labute approximate surface area is 283 Å². The maximum absolute atomic E-state index is 13.4. The number of allylic oxidation sites excluding steroid dienone is 1. The molecule has 0 saturated heterocycles. The summed E-state index contributed by atoms with van der Waals surface area (Å²) in [6.07, 6.45) is 11.4. The van der Waals surface area contributed by atoms with E-state index in [-0.39, 0.29) is 12.2 Å². The molecule has 2 rings (SSSR count). The molecule has 0 heterocycles. The third-order valence-electron chi connectivity index (χ3n) is 8.41. The molecule has 0 aliphatic carbocycles. The average Bonchev–Trinajstić information content (AvgIpc) is 3.03. The van der Waals surface area contributed by atoms with E-state index in [2.05, 4.69) is 12.2 Å². The fourth-order valence-corrected chi connectivity index (χ4v) is 5.59. The zero-order chi connectivity index (χ0) is 35.5. The summed E-state index contributed by atoms with van der Waals surface area (Å²) < 4.78 is 0. The van der Waals surface area contributed by atoms with E-state index in [1.54, 1.807) is 12.1 Å². The molecule has 2 aromatic carbocycles. The largest absolute Gasteiger partial charge is 0.481 e. The number of hydrogen-bond acceptors (Lipinski definition) is 6. The number of Topliss-reactive ketones (excluding diaryl/α,β-unsaturated/α-hetero) is 1. The Hall–Kier alpha value is -4.31. The molecule has 0 fully saturated rings. The minimum absolute atomic E-state index is 0.128. The highest BCUT2D eigenvalue weighted by Crippen LogP contribution is 2.26. The Balaban J connectivity index is 2.03. The molecule has 48 heavy (non-hydrogen) atoms. The summed E-state index contributed by atoms with van der Waals surface area (Å²) in [5.74, 6) is -7.64. The van der Waals surface area contributed by atoms with Crippen LogP contribution in [-0.2, 0) is 30.4 Å². The highest BCUT2D eigenvalue weighted by atomic mass is 16.4. The van der Waals surface area contributed by atoms with Crippen LogP contribution in [0.5, 0.6) is 0 Å². The number of carboxylic acids is 3. The highest BCUT2D eigenvalue weighted by Gasteiger charge is 2.49. The summed E-state index contributed by atoms with van der Waals surface area (Å²) in [4.78, 5) is 61.2. The molecule has 2 aromatic rings. The molecule has 0 saturated carbocycles. The first-order chi connectivity index (χ1) is 22.9. The number of amides is 1. The Morgan fingerprint density at radius 3 is 2.00 bits per heavy atom. The fraction of sp³-hybridized carbons (Fsp3) is 0.500. The summed E-state index contributed by atoms with van der Waals surface area (Å²) in [6.45, 7) is 4.13. The second-order valence-electron chi connectivity index (χ2n) is 12.5. The van der Waals surface area contributed by atoms with E-state index >= 15 is 0 Å². The van der Waals surface area contributed by atoms with Crippen molar-refractivity contribution < 1.29 is 44.4 Å². The molecule has 0 aromatic heterocycles. The van der Waals surface area contributed by atoms with Gasteiger partial charge in [0.15, 0.2) is 5.60 Å². The van der Waals surface area contributed by atoms with Crippen molar-refractivity contribution in [3.63, 3.8) is 0 Å². The lowest BCUT2D eigenvalue weighted by Gasteiger charge is -2.29. The molecule has 5 N–H and O–H groups in total. The van der Waals surface area contributed by atoms with Gasteiger partial charge < -0.3 is 25.7 Å². The second-order valence-corrected chi connectivity index (χ2v) is 12.5. The van der Waals surface area contributed by atoms with Crippen LogP contribution in [0, 0.1) is 12.8 Å². The van der Waals surface area contributed by atoms with Gasteiger partial charge in [-0.05, 0) is 49.3 Å². The van der Waals surface area contributed by atoms with Crippen molar-refractivity contribution in [2.24, 2.45) is 5.92 Å². The molecular formula is C38H51NO9. The first-order valence-corrected chi connectivity index (χ1v) is 16.9. The number of carbonyl (C=O) groups is 5. The van der Waals surface area contributed by atoms with Gasteiger partial charge in [0.05, 0.1) is 12.3 Å². The number of unbranched alkanes of at least 4 members (excludes halogenated alkanes) is 8. The maximum atomic E-state index is 13.4. The van der Waals surface area contributed by atoms with Crippen LogP contribution < -0.4 is 5.32 Å². The second kappa shape index (κ2) is 20.8. The summed E-state index contributed by atoms with van der Waals surface area (Å²) in [7, 11) is 0. The van der Waals surface area contributed by atoms with Crippen LogP contribution in [0.3, 0.4) is 0 Å². The van der Waals surface area contributed by atoms with E-state index in [0.717, 1.165) is 67.7 Å². The van der Waals surface area contributed by atoms with Crippen molar-refractivity contribution in [3.05, 3.63) is 71.8 Å². The third-order valence-corrected chi connectivity index (χ3v) is 8.41. The van der Waals surface area contributed by atoms with Gasteiger partial charge in [0.25, 0.3) is 0 Å². The standard InChI is InChI=1S/C38H51NO9/c1-3-4-5-8-11-17-31(40)18-12-9-6-7-10-13-19-32(38(48,37(46)47)26-34(41)42)35(43)39-33(36(44)45)25-28-20-22-29(23-21-28)30-16-14-15-27(2)24-30/h13-16,19-24,32-33,48H,3-12,17-18,25-26H2,1-2H3,(H,39,43)(H,41,42)(H,44,45)(H,46,47)/b19-13+. The van der Waals surface area contributed by atoms with Crippen molar-refractivity contribution in [1.82, 2.24) is 5.32 Å². The fourth-order valence-electron chi connectivity index (χ4n) is 5.59. The van der Waals surface area contributed by atoms with Gasteiger partial charge in [-0.1, -0.05) is 112 Å². The Bertz CT molecular complexity index is 1380. The predicted octanol–water partition coefficient (Wildman–Crippen LogP) is 6.51. The summed E-state index contributed by atoms with van der Waals surface area (Å²) >= 11 is 0. The van der Waals surface area contributed by atoms with Gasteiger partial charge in [0.2, 0.25) is 5.91 Å². The molecule has 0 spiro atoms. The first kappa shape index (κ1) is 39.9. The quantitative estimate of drug-likeness (QED) is 0.0618. The zero-order valence-electron chi connectivity index (χ0n) is 28.2. The smallest absolute Gasteiger partial charge is 0.337 e. The van der Waals surface area contributed by atoms with Gasteiger partial charge in [0.1, 0.15) is 11.8 Å². The Kier molecular flexibility index (Phi) is 17.3. The SMILES string of the molecule is CCCCCCCC(=O)CCCCCC/C=C/C(C(=O)NC(Cc1ccc(-c2cccc(C)c2)cc1)C(=O)O)C(O)(CC(=O)O)C(=O)O. The van der Waals surface area contributed by atoms with Crippen LogP contribution in [0.4, 0.5) is 0 Å². The first-order valence-electron chi connectivity index (χ1n) is 16.9. The van der Waals surface area contributed by atoms with E-state index < -0.39 is 47.8 Å². The van der Waals surface area contributed by atoms with Crippen LogP contribution in [0.25, 0.3) is 11.1 Å². The topological polar surface area (TPSA) is 178 Å². The zero-order valence-corrected chi connectivity index (χ0v) is 28.2. The lowest BCUT2D eigenvalue weighted by molar-refractivity contribution is -0.172. The predicted molar refractivity (Wildman–Crippen MR) is 183 cm³/mol. The van der Waals surface area contributed by atoms with Crippen LogP contribution >= 0.6 is 0 Å². The van der Waals surface area contributed by atoms with Gasteiger partial charge in [-0.25, -0.2) is 9.59 Å². The molecule has 262 valence electrons. The van der Waals surface area contributed by atoms with Gasteiger partial charge in [-0.2, -0.15) is 0 Å². The molecule has 10 heteroatoms. The molecule has 0 bridgehead atoms. The van der Waals surface area contributed by atoms with Gasteiger partial charge in [-0.15, -0.1) is 0 Å². The molecule has 0 radical (unpaired) electrons. The van der Waals surface area contributed by atoms with E-state index in [1.165, 1.54) is 12.5 Å². The van der Waals surface area contributed by atoms with Gasteiger partial charge >= 0.3 is 17.9 Å². The molecule has 0 aliphatic rings. The monoisotopic (exact) mass is 665 g/mol. The molecule has 10 nitrogen and oxygen atoms in total. The molecule has 3 unspecified atom stereocenters. The Morgan fingerprint density at radius 1 is 0.812 bits per heavy atom. The Morgan fingerprint density at radius 2 is 1.44 bits per heavy atom. The summed E-state index contributed by atoms with van der Waals surface area (Å²) in [6, 6.07) is 13.6. The van der Waals surface area contributed by atoms with Crippen molar-refractivity contribution in [3.8, 4) is 11.1 Å². The third kappa shape index (κ3) is 13.8. The highest BCUT2D eigenvalue weighted by molar-refractivity contribution is 5.94. The van der Waals surface area contributed by atoms with Crippen molar-refractivity contribution in [2.45, 2.75) is 115 Å². The van der Waals surface area contributed by atoms with Crippen LogP contribution in [-0.4, -0.2) is 61.7 Å². The number of nitrogens with one attached hydrogen (secondary N) is 1. The summed E-state index contributed by atoms with van der Waals surface area (Å²) in [5, 5.41) is 42.3. The van der Waals surface area contributed by atoms with Crippen LogP contribution in [0.2, 0.25) is 0 Å². The lowest BCUT2D eigenvalue weighted by atomic mass is 9.82. The number of ketones is 1. The number of hydrogen-bond donors (Lipinski definition) is 5. The number of rotatable bonds is 24. The molecule has 3 atom stereocenters. The number of aliphatic hydroxyl groups is 1. The average molecular weight is 666 g/mol. The lowest BCUT2D eigenvalue weighted by Crippen LogP contribution is -2.55. The van der Waals surface area contributed by atoms with E-state index in [4.69, 9.17) is 0 Å². The number of aliphatic carboxylic acids is 3.